The number of hydrogen-bond acceptors (Lipinski definition) is 4. The average Bonchev–Trinajstić information content (AvgIpc) is 3.15. The Morgan fingerprint density at radius 3 is 2.41 bits per heavy atom. The van der Waals surface area contributed by atoms with E-state index >= 15 is 0 Å². The lowest BCUT2D eigenvalue weighted by Gasteiger charge is -2.18. The maximum atomic E-state index is 12.6. The highest BCUT2D eigenvalue weighted by Gasteiger charge is 2.39. The highest BCUT2D eigenvalue weighted by molar-refractivity contribution is 5.83. The van der Waals surface area contributed by atoms with Crippen LogP contribution in [0.25, 0.3) is 10.8 Å². The van der Waals surface area contributed by atoms with Gasteiger partial charge in [0.2, 0.25) is 0 Å². The van der Waals surface area contributed by atoms with Crippen molar-refractivity contribution in [3.05, 3.63) is 83.9 Å². The summed E-state index contributed by atoms with van der Waals surface area (Å²) in [6.45, 7) is 2.39. The lowest BCUT2D eigenvalue weighted by atomic mass is 9.94. The quantitative estimate of drug-likeness (QED) is 0.616. The maximum absolute atomic E-state index is 12.6. The molecule has 0 aromatic heterocycles. The number of ether oxygens (including phenoxy) is 2. The molecule has 29 heavy (non-hydrogen) atoms. The molecule has 5 nitrogen and oxygen atoms in total. The predicted octanol–water partition coefficient (Wildman–Crippen LogP) is 4.51. The topological polar surface area (TPSA) is 55.8 Å². The summed E-state index contributed by atoms with van der Waals surface area (Å²) < 4.78 is 11.0. The van der Waals surface area contributed by atoms with Gasteiger partial charge in [-0.25, -0.2) is 4.79 Å². The number of carbonyl (C=O) groups excluding carboxylic acids is 2. The maximum Gasteiger partial charge on any atom is 0.410 e. The predicted molar refractivity (Wildman–Crippen MR) is 110 cm³/mol. The van der Waals surface area contributed by atoms with Crippen molar-refractivity contribution in [2.24, 2.45) is 0 Å². The molecule has 5 heteroatoms. The van der Waals surface area contributed by atoms with Crippen LogP contribution in [0.1, 0.15) is 24.0 Å². The first-order chi connectivity index (χ1) is 14.1. The molecule has 1 saturated heterocycles. The number of fused-ring (bicyclic) bond motifs is 1. The van der Waals surface area contributed by atoms with Gasteiger partial charge in [-0.15, -0.1) is 0 Å². The van der Waals surface area contributed by atoms with Gasteiger partial charge in [-0.3, -0.25) is 4.79 Å². The number of hydrogen-bond donors (Lipinski definition) is 0. The zero-order valence-corrected chi connectivity index (χ0v) is 16.3. The van der Waals surface area contributed by atoms with E-state index in [0.717, 1.165) is 21.9 Å². The molecular weight excluding hydrogens is 366 g/mol. The summed E-state index contributed by atoms with van der Waals surface area (Å²) in [6, 6.07) is 23.9. The van der Waals surface area contributed by atoms with Crippen molar-refractivity contribution >= 4 is 22.8 Å². The fourth-order valence-corrected chi connectivity index (χ4v) is 3.82. The van der Waals surface area contributed by atoms with Crippen molar-refractivity contribution in [3.63, 3.8) is 0 Å². The van der Waals surface area contributed by atoms with Crippen molar-refractivity contribution in [2.45, 2.75) is 25.6 Å². The molecule has 1 heterocycles. The fraction of sp³-hybridized carbons (Fsp3) is 0.250. The molecule has 4 rings (SSSR count). The Balaban J connectivity index is 1.51. The van der Waals surface area contributed by atoms with Gasteiger partial charge in [0.25, 0.3) is 0 Å². The number of esters is 1. The van der Waals surface area contributed by atoms with Gasteiger partial charge in [0.15, 0.2) is 0 Å². The molecule has 1 aliphatic rings. The van der Waals surface area contributed by atoms with E-state index in [4.69, 9.17) is 9.47 Å². The molecule has 0 N–H and O–H groups in total. The minimum Gasteiger partial charge on any atom is -0.460 e. The first kappa shape index (κ1) is 19.0. The van der Waals surface area contributed by atoms with Gasteiger partial charge >= 0.3 is 12.1 Å². The number of carbonyl (C=O) groups is 2. The molecule has 3 aromatic carbocycles. The third-order valence-corrected chi connectivity index (χ3v) is 5.25. The zero-order chi connectivity index (χ0) is 20.2. The largest absolute Gasteiger partial charge is 0.460 e. The SMILES string of the molecule is CC(=O)O[C@@H]1CN(C(=O)OCc2ccccc2)C[C@H]1c1ccc2ccccc2c1. The molecule has 1 fully saturated rings. The van der Waals surface area contributed by atoms with Gasteiger partial charge in [0, 0.05) is 19.4 Å². The van der Waals surface area contributed by atoms with Crippen molar-refractivity contribution in [3.8, 4) is 0 Å². The van der Waals surface area contributed by atoms with Crippen LogP contribution in [0.3, 0.4) is 0 Å². The number of nitrogens with zero attached hydrogens (tertiary/aromatic N) is 1. The second-order valence-corrected chi connectivity index (χ2v) is 7.31. The molecular formula is C24H23NO4. The van der Waals surface area contributed by atoms with Crippen LogP contribution in [0.15, 0.2) is 72.8 Å². The molecule has 2 atom stereocenters. The monoisotopic (exact) mass is 389 g/mol. The van der Waals surface area contributed by atoms with Crippen LogP contribution < -0.4 is 0 Å². The smallest absolute Gasteiger partial charge is 0.410 e. The number of amides is 1. The van der Waals surface area contributed by atoms with Crippen LogP contribution in [0.4, 0.5) is 4.79 Å². The minimum atomic E-state index is -0.394. The van der Waals surface area contributed by atoms with E-state index in [9.17, 15) is 9.59 Å². The van der Waals surface area contributed by atoms with E-state index in [2.05, 4.69) is 24.3 Å². The molecule has 0 unspecified atom stereocenters. The number of rotatable bonds is 4. The summed E-state index contributed by atoms with van der Waals surface area (Å²) in [4.78, 5) is 25.8. The normalized spacial score (nSPS) is 18.6. The van der Waals surface area contributed by atoms with E-state index in [0.29, 0.717) is 13.1 Å². The Morgan fingerprint density at radius 2 is 1.66 bits per heavy atom. The molecule has 148 valence electrons. The van der Waals surface area contributed by atoms with Gasteiger partial charge in [-0.05, 0) is 21.9 Å². The van der Waals surface area contributed by atoms with E-state index < -0.39 is 12.2 Å². The van der Waals surface area contributed by atoms with E-state index in [1.165, 1.54) is 6.92 Å². The Kier molecular flexibility index (Phi) is 5.47. The van der Waals surface area contributed by atoms with Crippen LogP contribution in [0, 0.1) is 0 Å². The minimum absolute atomic E-state index is 0.0900. The second-order valence-electron chi connectivity index (χ2n) is 7.31. The first-order valence-electron chi connectivity index (χ1n) is 9.72. The lowest BCUT2D eigenvalue weighted by Crippen LogP contribution is -2.31. The molecule has 0 radical (unpaired) electrons. The van der Waals surface area contributed by atoms with Gasteiger partial charge in [0.1, 0.15) is 12.7 Å². The third-order valence-electron chi connectivity index (χ3n) is 5.25. The van der Waals surface area contributed by atoms with E-state index in [1.807, 2.05) is 48.5 Å². The molecule has 1 aliphatic heterocycles. The van der Waals surface area contributed by atoms with Gasteiger partial charge in [-0.2, -0.15) is 0 Å². The summed E-state index contributed by atoms with van der Waals surface area (Å²) in [6.07, 6.45) is -0.785. The zero-order valence-electron chi connectivity index (χ0n) is 16.3. The van der Waals surface area contributed by atoms with Gasteiger partial charge in [-0.1, -0.05) is 72.8 Å². The molecule has 0 saturated carbocycles. The van der Waals surface area contributed by atoms with Crippen LogP contribution in [0.2, 0.25) is 0 Å². The van der Waals surface area contributed by atoms with Gasteiger partial charge < -0.3 is 14.4 Å². The summed E-state index contributed by atoms with van der Waals surface area (Å²) in [7, 11) is 0. The highest BCUT2D eigenvalue weighted by atomic mass is 16.6. The fourth-order valence-electron chi connectivity index (χ4n) is 3.82. The Hall–Kier alpha value is -3.34. The lowest BCUT2D eigenvalue weighted by molar-refractivity contribution is -0.146. The molecule has 0 aliphatic carbocycles. The Morgan fingerprint density at radius 1 is 0.931 bits per heavy atom. The van der Waals surface area contributed by atoms with Crippen LogP contribution in [-0.4, -0.2) is 36.2 Å². The van der Waals surface area contributed by atoms with Crippen LogP contribution in [0.5, 0.6) is 0 Å². The first-order valence-corrected chi connectivity index (χ1v) is 9.72. The van der Waals surface area contributed by atoms with Crippen molar-refractivity contribution in [1.82, 2.24) is 4.90 Å². The summed E-state index contributed by atoms with van der Waals surface area (Å²) in [5.74, 6) is -0.437. The Labute approximate surface area is 169 Å². The highest BCUT2D eigenvalue weighted by Crippen LogP contribution is 2.32. The van der Waals surface area contributed by atoms with Crippen molar-refractivity contribution in [1.29, 1.82) is 0 Å². The molecule has 0 bridgehead atoms. The van der Waals surface area contributed by atoms with Crippen LogP contribution >= 0.6 is 0 Å². The van der Waals surface area contributed by atoms with Crippen LogP contribution in [-0.2, 0) is 20.9 Å². The molecule has 1 amide bonds. The third kappa shape index (κ3) is 4.40. The summed E-state index contributed by atoms with van der Waals surface area (Å²) in [5.41, 5.74) is 1.98. The number of benzene rings is 3. The van der Waals surface area contributed by atoms with Crippen molar-refractivity contribution < 1.29 is 19.1 Å². The Bertz CT molecular complexity index is 1020. The average molecular weight is 389 g/mol. The van der Waals surface area contributed by atoms with E-state index in [1.54, 1.807) is 4.90 Å². The standard InChI is InChI=1S/C24H23NO4/c1-17(26)29-23-15-25(24(27)28-16-18-7-3-2-4-8-18)14-22(23)21-12-11-19-9-5-6-10-20(19)13-21/h2-13,22-23H,14-16H2,1H3/t22-,23+/m0/s1. The summed E-state index contributed by atoms with van der Waals surface area (Å²) in [5, 5.41) is 2.27. The second kappa shape index (κ2) is 8.35. The van der Waals surface area contributed by atoms with Gasteiger partial charge in [0.05, 0.1) is 6.54 Å². The van der Waals surface area contributed by atoms with Crippen molar-refractivity contribution in [2.75, 3.05) is 13.1 Å². The summed E-state index contributed by atoms with van der Waals surface area (Å²) >= 11 is 0. The van der Waals surface area contributed by atoms with E-state index in [-0.39, 0.29) is 18.5 Å². The molecule has 3 aromatic rings. The number of likely N-dealkylation sites (tertiary alicyclic amines) is 1. The molecule has 0 spiro atoms.